The highest BCUT2D eigenvalue weighted by molar-refractivity contribution is 5.79. The van der Waals surface area contributed by atoms with Crippen LogP contribution in [0.4, 0.5) is 5.95 Å². The Kier molecular flexibility index (Phi) is 6.74. The van der Waals surface area contributed by atoms with E-state index in [0.29, 0.717) is 5.95 Å². The molecule has 2 aromatic rings. The third kappa shape index (κ3) is 5.11. The molecule has 1 saturated heterocycles. The van der Waals surface area contributed by atoms with E-state index >= 15 is 0 Å². The molecule has 1 fully saturated rings. The molecule has 6 heteroatoms. The predicted molar refractivity (Wildman–Crippen MR) is 108 cm³/mol. The number of ether oxygens (including phenoxy) is 1. The van der Waals surface area contributed by atoms with E-state index in [0.717, 1.165) is 55.9 Å². The number of imidazole rings is 1. The number of piperidine rings is 1. The van der Waals surface area contributed by atoms with Crippen LogP contribution in [0.15, 0.2) is 18.2 Å². The summed E-state index contributed by atoms with van der Waals surface area (Å²) in [5.74, 6) is 1.49. The van der Waals surface area contributed by atoms with E-state index in [4.69, 9.17) is 10.5 Å². The van der Waals surface area contributed by atoms with Crippen LogP contribution in [0.3, 0.4) is 0 Å². The molecule has 0 aliphatic carbocycles. The van der Waals surface area contributed by atoms with Crippen molar-refractivity contribution in [1.29, 1.82) is 0 Å². The zero-order chi connectivity index (χ0) is 18.4. The van der Waals surface area contributed by atoms with E-state index in [-0.39, 0.29) is 0 Å². The topological polar surface area (TPSA) is 59.6 Å². The Morgan fingerprint density at radius 3 is 2.69 bits per heavy atom. The molecule has 26 heavy (non-hydrogen) atoms. The number of hydrogen-bond donors (Lipinski definition) is 1. The van der Waals surface area contributed by atoms with Gasteiger partial charge in [-0.25, -0.2) is 4.98 Å². The maximum absolute atomic E-state index is 6.12. The monoisotopic (exact) mass is 359 g/mol. The molecule has 0 amide bonds. The van der Waals surface area contributed by atoms with E-state index < -0.39 is 0 Å². The molecule has 1 aliphatic heterocycles. The highest BCUT2D eigenvalue weighted by Gasteiger charge is 2.11. The Hall–Kier alpha value is -1.79. The van der Waals surface area contributed by atoms with Crippen LogP contribution in [0, 0.1) is 0 Å². The summed E-state index contributed by atoms with van der Waals surface area (Å²) in [6.45, 7) is 6.30. The summed E-state index contributed by atoms with van der Waals surface area (Å²) in [5.41, 5.74) is 8.12. The molecule has 0 unspecified atom stereocenters. The molecule has 1 aliphatic rings. The second kappa shape index (κ2) is 9.24. The van der Waals surface area contributed by atoms with E-state index in [1.807, 2.05) is 12.1 Å². The van der Waals surface area contributed by atoms with Gasteiger partial charge in [0, 0.05) is 19.2 Å². The molecule has 6 nitrogen and oxygen atoms in total. The standard InChI is InChI=1S/C20H33N5O/c1-23(2)10-6-14-25-19-16-17(8-9-18(19)22-20(25)21)26-15-7-13-24-11-4-3-5-12-24/h8-9,16H,3-7,10-15H2,1-2H3,(H2,21,22). The highest BCUT2D eigenvalue weighted by Crippen LogP contribution is 2.23. The van der Waals surface area contributed by atoms with Gasteiger partial charge < -0.3 is 24.8 Å². The van der Waals surface area contributed by atoms with Gasteiger partial charge in [-0.3, -0.25) is 0 Å². The van der Waals surface area contributed by atoms with Crippen molar-refractivity contribution in [2.45, 2.75) is 38.6 Å². The van der Waals surface area contributed by atoms with Crippen LogP contribution >= 0.6 is 0 Å². The lowest BCUT2D eigenvalue weighted by Crippen LogP contribution is -2.31. The number of aryl methyl sites for hydroxylation is 1. The second-order valence-electron chi connectivity index (χ2n) is 7.53. The van der Waals surface area contributed by atoms with Gasteiger partial charge in [-0.2, -0.15) is 0 Å². The van der Waals surface area contributed by atoms with E-state index in [1.165, 1.54) is 32.4 Å². The molecule has 0 spiro atoms. The first-order chi connectivity index (χ1) is 12.6. The second-order valence-corrected chi connectivity index (χ2v) is 7.53. The fourth-order valence-electron chi connectivity index (χ4n) is 3.65. The van der Waals surface area contributed by atoms with Crippen LogP contribution in [0.2, 0.25) is 0 Å². The van der Waals surface area contributed by atoms with Gasteiger partial charge in [0.1, 0.15) is 5.75 Å². The number of rotatable bonds is 9. The summed E-state index contributed by atoms with van der Waals surface area (Å²) in [5, 5.41) is 0. The molecule has 2 heterocycles. The van der Waals surface area contributed by atoms with Crippen molar-refractivity contribution in [3.8, 4) is 5.75 Å². The molecule has 144 valence electrons. The number of nitrogens with zero attached hydrogens (tertiary/aromatic N) is 4. The average molecular weight is 360 g/mol. The molecular formula is C20H33N5O. The highest BCUT2D eigenvalue weighted by atomic mass is 16.5. The van der Waals surface area contributed by atoms with Gasteiger partial charge in [0.05, 0.1) is 17.6 Å². The average Bonchev–Trinajstić information content (AvgIpc) is 2.94. The lowest BCUT2D eigenvalue weighted by atomic mass is 10.1. The molecule has 1 aromatic heterocycles. The van der Waals surface area contributed by atoms with Crippen molar-refractivity contribution in [3.63, 3.8) is 0 Å². The largest absolute Gasteiger partial charge is 0.493 e. The minimum Gasteiger partial charge on any atom is -0.493 e. The molecule has 0 bridgehead atoms. The summed E-state index contributed by atoms with van der Waals surface area (Å²) < 4.78 is 8.09. The van der Waals surface area contributed by atoms with Gasteiger partial charge in [-0.1, -0.05) is 6.42 Å². The first-order valence-corrected chi connectivity index (χ1v) is 9.89. The lowest BCUT2D eigenvalue weighted by Gasteiger charge is -2.26. The van der Waals surface area contributed by atoms with Crippen molar-refractivity contribution in [3.05, 3.63) is 18.2 Å². The number of benzene rings is 1. The molecule has 3 rings (SSSR count). The summed E-state index contributed by atoms with van der Waals surface area (Å²) in [7, 11) is 4.18. The Bertz CT molecular complexity index is 691. The smallest absolute Gasteiger partial charge is 0.201 e. The van der Waals surface area contributed by atoms with Crippen molar-refractivity contribution >= 4 is 17.0 Å². The van der Waals surface area contributed by atoms with Gasteiger partial charge in [-0.15, -0.1) is 0 Å². The summed E-state index contributed by atoms with van der Waals surface area (Å²) in [4.78, 5) is 9.21. The first kappa shape index (κ1) is 19.0. The van der Waals surface area contributed by atoms with Crippen LogP contribution in [-0.4, -0.2) is 66.2 Å². The number of aromatic nitrogens is 2. The van der Waals surface area contributed by atoms with E-state index in [9.17, 15) is 0 Å². The van der Waals surface area contributed by atoms with E-state index in [2.05, 4.69) is 39.5 Å². The van der Waals surface area contributed by atoms with Crippen molar-refractivity contribution in [1.82, 2.24) is 19.4 Å². The van der Waals surface area contributed by atoms with Gasteiger partial charge in [-0.05, 0) is 71.5 Å². The summed E-state index contributed by atoms with van der Waals surface area (Å²) in [6, 6.07) is 6.09. The van der Waals surface area contributed by atoms with Crippen molar-refractivity contribution in [2.75, 3.05) is 52.6 Å². The summed E-state index contributed by atoms with van der Waals surface area (Å²) in [6.07, 6.45) is 6.19. The number of likely N-dealkylation sites (tertiary alicyclic amines) is 1. The van der Waals surface area contributed by atoms with Gasteiger partial charge >= 0.3 is 0 Å². The first-order valence-electron chi connectivity index (χ1n) is 9.89. The number of anilines is 1. The van der Waals surface area contributed by atoms with Crippen LogP contribution < -0.4 is 10.5 Å². The van der Waals surface area contributed by atoms with Crippen molar-refractivity contribution in [2.24, 2.45) is 0 Å². The summed E-state index contributed by atoms with van der Waals surface area (Å²) >= 11 is 0. The van der Waals surface area contributed by atoms with Gasteiger partial charge in [0.25, 0.3) is 0 Å². The van der Waals surface area contributed by atoms with Crippen LogP contribution in [-0.2, 0) is 6.54 Å². The van der Waals surface area contributed by atoms with Crippen LogP contribution in [0.25, 0.3) is 11.0 Å². The van der Waals surface area contributed by atoms with Crippen molar-refractivity contribution < 1.29 is 4.74 Å². The number of fused-ring (bicyclic) bond motifs is 1. The molecule has 2 N–H and O–H groups in total. The normalized spacial score (nSPS) is 15.8. The molecule has 0 atom stereocenters. The Morgan fingerprint density at radius 2 is 1.92 bits per heavy atom. The van der Waals surface area contributed by atoms with E-state index in [1.54, 1.807) is 0 Å². The minimum atomic E-state index is 0.584. The SMILES string of the molecule is CN(C)CCCn1c(N)nc2ccc(OCCCN3CCCCC3)cc21. The predicted octanol–water partition coefficient (Wildman–Crippen LogP) is 2.83. The fraction of sp³-hybridized carbons (Fsp3) is 0.650. The number of hydrogen-bond acceptors (Lipinski definition) is 5. The van der Waals surface area contributed by atoms with Gasteiger partial charge in [0.2, 0.25) is 5.95 Å². The lowest BCUT2D eigenvalue weighted by molar-refractivity contribution is 0.205. The van der Waals surface area contributed by atoms with Gasteiger partial charge in [0.15, 0.2) is 0 Å². The third-order valence-corrected chi connectivity index (χ3v) is 5.07. The molecule has 0 radical (unpaired) electrons. The zero-order valence-corrected chi connectivity index (χ0v) is 16.3. The quantitative estimate of drug-likeness (QED) is 0.698. The molecule has 0 saturated carbocycles. The van der Waals surface area contributed by atoms with Crippen LogP contribution in [0.1, 0.15) is 32.1 Å². The zero-order valence-electron chi connectivity index (χ0n) is 16.3. The Morgan fingerprint density at radius 1 is 1.12 bits per heavy atom. The molecular weight excluding hydrogens is 326 g/mol. The number of nitrogens with two attached hydrogens (primary N) is 1. The third-order valence-electron chi connectivity index (χ3n) is 5.07. The number of nitrogen functional groups attached to an aromatic ring is 1. The fourth-order valence-corrected chi connectivity index (χ4v) is 3.65. The maximum Gasteiger partial charge on any atom is 0.201 e. The van der Waals surface area contributed by atoms with Crippen LogP contribution in [0.5, 0.6) is 5.75 Å². The molecule has 1 aromatic carbocycles. The Balaban J connectivity index is 1.55. The maximum atomic E-state index is 6.12. The minimum absolute atomic E-state index is 0.584. The Labute approximate surface area is 156 Å².